The molecule has 332 valence electrons. The smallest absolute Gasteiger partial charge is 0.171 e. The fourth-order valence-electron chi connectivity index (χ4n) is 19.2. The molecule has 0 bridgehead atoms. The topological polar surface area (TPSA) is 71.1 Å². The maximum atomic E-state index is 12.1. The first-order chi connectivity index (χ1) is 28.5. The summed E-state index contributed by atoms with van der Waals surface area (Å²) >= 11 is 0. The zero-order valence-electron chi connectivity index (χ0n) is 38.8. The van der Waals surface area contributed by atoms with E-state index in [9.17, 15) is 9.59 Å². The van der Waals surface area contributed by atoms with Crippen molar-refractivity contribution in [3.8, 4) is 0 Å². The molecular weight excluding hydrogens is 745 g/mol. The Morgan fingerprint density at radius 1 is 0.500 bits per heavy atom. The minimum absolute atomic E-state index is 0.270. The van der Waals surface area contributed by atoms with Crippen LogP contribution in [0.25, 0.3) is 0 Å². The molecular formula is C54H80O6. The molecule has 4 heterocycles. The first-order valence-corrected chi connectivity index (χ1v) is 25.6. The molecule has 12 aliphatic rings. The highest BCUT2D eigenvalue weighted by Crippen LogP contribution is 2.73. The van der Waals surface area contributed by atoms with Gasteiger partial charge in [0.15, 0.2) is 23.1 Å². The van der Waals surface area contributed by atoms with Crippen molar-refractivity contribution in [1.82, 2.24) is 0 Å². The van der Waals surface area contributed by atoms with Crippen molar-refractivity contribution < 1.29 is 28.5 Å². The Bertz CT molecular complexity index is 1680. The van der Waals surface area contributed by atoms with E-state index in [-0.39, 0.29) is 22.4 Å². The molecule has 4 aliphatic heterocycles. The molecule has 10 fully saturated rings. The molecule has 6 saturated carbocycles. The number of fused-ring (bicyclic) bond motifs is 14. The summed E-state index contributed by atoms with van der Waals surface area (Å²) in [7, 11) is 0. The van der Waals surface area contributed by atoms with E-state index < -0.39 is 0 Å². The number of rotatable bonds is 0. The van der Waals surface area contributed by atoms with Crippen LogP contribution in [0.1, 0.15) is 171 Å². The van der Waals surface area contributed by atoms with Crippen molar-refractivity contribution >= 4 is 11.6 Å². The molecule has 0 N–H and O–H groups in total. The van der Waals surface area contributed by atoms with E-state index in [2.05, 4.69) is 55.4 Å². The third kappa shape index (κ3) is 5.75. The predicted molar refractivity (Wildman–Crippen MR) is 233 cm³/mol. The van der Waals surface area contributed by atoms with Crippen LogP contribution >= 0.6 is 0 Å². The van der Waals surface area contributed by atoms with E-state index in [4.69, 9.17) is 18.9 Å². The van der Waals surface area contributed by atoms with Gasteiger partial charge in [-0.3, -0.25) is 9.59 Å². The molecule has 6 nitrogen and oxygen atoms in total. The minimum Gasteiger partial charge on any atom is -0.349 e. The fraction of sp³-hybridized carbons (Fsp3) is 0.889. The number of allylic oxidation sites excluding steroid dienone is 2. The molecule has 4 saturated heterocycles. The van der Waals surface area contributed by atoms with Crippen LogP contribution in [-0.2, 0) is 28.5 Å². The highest BCUT2D eigenvalue weighted by atomic mass is 16.7. The molecule has 20 atom stereocenters. The standard InChI is InChI=1S/2C27H40O3/c2*1-16-7-12-27(29-15-16)17(2)24-23(30-27)14-22-20-6-5-18-13-19(28)8-10-25(18,3)21(20)9-11-26(22,24)4/h2*13,16-17,20-24H,5-12,14-15H2,1-4H3/t2*16-,17+,20-,21+,22+,23+,24+,25+,26+,27-/m11/s1. The van der Waals surface area contributed by atoms with Crippen molar-refractivity contribution in [3.05, 3.63) is 23.3 Å². The Morgan fingerprint density at radius 2 is 0.917 bits per heavy atom. The van der Waals surface area contributed by atoms with Crippen LogP contribution in [0, 0.1) is 92.7 Å². The highest BCUT2D eigenvalue weighted by Gasteiger charge is 2.70. The van der Waals surface area contributed by atoms with Crippen LogP contribution in [0.4, 0.5) is 0 Å². The lowest BCUT2D eigenvalue weighted by molar-refractivity contribution is -0.273. The van der Waals surface area contributed by atoms with Crippen LogP contribution in [0.2, 0.25) is 0 Å². The second-order valence-electron chi connectivity index (χ2n) is 25.0. The van der Waals surface area contributed by atoms with Crippen LogP contribution in [0.5, 0.6) is 0 Å². The minimum atomic E-state index is -0.301. The molecule has 0 radical (unpaired) electrons. The van der Waals surface area contributed by atoms with Gasteiger partial charge in [-0.2, -0.15) is 0 Å². The molecule has 2 spiro atoms. The number of carbonyl (C=O) groups is 2. The van der Waals surface area contributed by atoms with Gasteiger partial charge >= 0.3 is 0 Å². The highest BCUT2D eigenvalue weighted by molar-refractivity contribution is 5.92. The summed E-state index contributed by atoms with van der Waals surface area (Å²) in [5.41, 5.74) is 4.29. The van der Waals surface area contributed by atoms with E-state index in [0.717, 1.165) is 100 Å². The summed E-state index contributed by atoms with van der Waals surface area (Å²) in [6.45, 7) is 21.4. The van der Waals surface area contributed by atoms with Gasteiger partial charge in [-0.25, -0.2) is 0 Å². The molecule has 8 aliphatic carbocycles. The Labute approximate surface area is 362 Å². The van der Waals surface area contributed by atoms with Crippen molar-refractivity contribution in [2.24, 2.45) is 92.7 Å². The van der Waals surface area contributed by atoms with E-state index in [1.807, 2.05) is 12.2 Å². The Morgan fingerprint density at radius 3 is 1.30 bits per heavy atom. The third-order valence-corrected chi connectivity index (χ3v) is 22.5. The number of hydrogen-bond acceptors (Lipinski definition) is 6. The zero-order chi connectivity index (χ0) is 41.8. The summed E-state index contributed by atoms with van der Waals surface area (Å²) in [6.07, 6.45) is 25.8. The van der Waals surface area contributed by atoms with Crippen molar-refractivity contribution in [1.29, 1.82) is 0 Å². The van der Waals surface area contributed by atoms with Crippen molar-refractivity contribution in [2.45, 2.75) is 195 Å². The summed E-state index contributed by atoms with van der Waals surface area (Å²) in [5.74, 6) is 8.47. The molecule has 12 rings (SSSR count). The quantitative estimate of drug-likeness (QED) is 0.242. The lowest BCUT2D eigenvalue weighted by Gasteiger charge is -2.58. The lowest BCUT2D eigenvalue weighted by Crippen LogP contribution is -2.52. The zero-order valence-corrected chi connectivity index (χ0v) is 38.8. The summed E-state index contributed by atoms with van der Waals surface area (Å²) < 4.78 is 26.7. The SMILES string of the molecule is C[C@@H]1CC[C@@]2(OC1)O[C@H]1C[C@H]3[C@@H]4CCC5=CC(=O)CC[C@]5(C)[C@H]4CC[C@]3(C)[C@H]1[C@@H]2C.C[C@@H]1CC[C@@]2(OC1)O[C@H]1C[C@H]3[C@@H]4CCC5=CC(=O)CC[C@]5(C)[C@H]4CC[C@]3(C)[C@H]1[C@@H]2C. The average Bonchev–Trinajstić information content (AvgIpc) is 3.87. The van der Waals surface area contributed by atoms with Gasteiger partial charge in [-0.15, -0.1) is 0 Å². The Balaban J connectivity index is 0.000000136. The van der Waals surface area contributed by atoms with E-state index in [1.165, 1.54) is 75.4 Å². The summed E-state index contributed by atoms with van der Waals surface area (Å²) in [4.78, 5) is 24.2. The first-order valence-electron chi connectivity index (χ1n) is 25.6. The summed E-state index contributed by atoms with van der Waals surface area (Å²) in [6, 6.07) is 0. The second-order valence-corrected chi connectivity index (χ2v) is 25.0. The fourth-order valence-corrected chi connectivity index (χ4v) is 19.2. The van der Waals surface area contributed by atoms with Gasteiger partial charge in [0.05, 0.1) is 25.4 Å². The predicted octanol–water partition coefficient (Wildman–Crippen LogP) is 11.8. The van der Waals surface area contributed by atoms with E-state index >= 15 is 0 Å². The Hall–Kier alpha value is -1.34. The second kappa shape index (κ2) is 14.1. The molecule has 0 aromatic carbocycles. The van der Waals surface area contributed by atoms with Crippen LogP contribution < -0.4 is 0 Å². The number of hydrogen-bond donors (Lipinski definition) is 0. The molecule has 6 heteroatoms. The maximum Gasteiger partial charge on any atom is 0.171 e. The number of ether oxygens (including phenoxy) is 4. The monoisotopic (exact) mass is 825 g/mol. The van der Waals surface area contributed by atoms with Gasteiger partial charge in [0, 0.05) is 37.5 Å². The van der Waals surface area contributed by atoms with Crippen LogP contribution in [0.15, 0.2) is 23.3 Å². The maximum absolute atomic E-state index is 12.1. The molecule has 0 aromatic rings. The lowest BCUT2D eigenvalue weighted by atomic mass is 9.46. The molecule has 0 amide bonds. The average molecular weight is 825 g/mol. The van der Waals surface area contributed by atoms with Gasteiger partial charge in [0.25, 0.3) is 0 Å². The molecule has 0 aromatic heterocycles. The first kappa shape index (κ1) is 41.4. The van der Waals surface area contributed by atoms with Gasteiger partial charge in [0.2, 0.25) is 0 Å². The molecule has 60 heavy (non-hydrogen) atoms. The number of ketones is 2. The van der Waals surface area contributed by atoms with Gasteiger partial charge in [0.1, 0.15) is 0 Å². The van der Waals surface area contributed by atoms with E-state index in [0.29, 0.717) is 70.1 Å². The van der Waals surface area contributed by atoms with Gasteiger partial charge in [-0.1, -0.05) is 66.5 Å². The van der Waals surface area contributed by atoms with Crippen molar-refractivity contribution in [3.63, 3.8) is 0 Å². The Kier molecular flexibility index (Phi) is 9.71. The van der Waals surface area contributed by atoms with Gasteiger partial charge in [-0.05, 0) is 183 Å². The summed E-state index contributed by atoms with van der Waals surface area (Å²) in [5, 5.41) is 0. The van der Waals surface area contributed by atoms with Crippen molar-refractivity contribution in [2.75, 3.05) is 13.2 Å². The van der Waals surface area contributed by atoms with Crippen LogP contribution in [-0.4, -0.2) is 48.6 Å². The normalized spacial score (nSPS) is 57.4. The largest absolute Gasteiger partial charge is 0.349 e. The third-order valence-electron chi connectivity index (χ3n) is 22.5. The van der Waals surface area contributed by atoms with Crippen LogP contribution in [0.3, 0.4) is 0 Å². The van der Waals surface area contributed by atoms with Gasteiger partial charge < -0.3 is 18.9 Å². The van der Waals surface area contributed by atoms with E-state index in [1.54, 1.807) is 0 Å². The number of carbonyl (C=O) groups excluding carboxylic acids is 2. The molecule has 0 unspecified atom stereocenters.